The largest absolute Gasteiger partial charge is 0.450 e. The zero-order valence-electron chi connectivity index (χ0n) is 16.3. The molecule has 0 saturated carbocycles. The second kappa shape index (κ2) is 8.89. The maximum atomic E-state index is 14.4. The minimum absolute atomic E-state index is 0.110. The van der Waals surface area contributed by atoms with Crippen LogP contribution in [-0.2, 0) is 22.0 Å². The maximum Gasteiger partial charge on any atom is 0.409 e. The number of nitrogens with zero attached hydrogens (tertiary/aromatic N) is 4. The molecule has 0 spiro atoms. The van der Waals surface area contributed by atoms with E-state index in [1.54, 1.807) is 30.8 Å². The molecule has 1 N–H and O–H groups in total. The van der Waals surface area contributed by atoms with Crippen molar-refractivity contribution < 1.29 is 22.3 Å². The minimum atomic E-state index is -3.97. The molecule has 1 aliphatic heterocycles. The van der Waals surface area contributed by atoms with Crippen LogP contribution >= 0.6 is 0 Å². The van der Waals surface area contributed by atoms with Gasteiger partial charge in [-0.3, -0.25) is 0 Å². The molecule has 0 aliphatic carbocycles. The molecule has 0 bridgehead atoms. The predicted molar refractivity (Wildman–Crippen MR) is 104 cm³/mol. The van der Waals surface area contributed by atoms with Gasteiger partial charge in [0.25, 0.3) is 10.2 Å². The number of hydrogen-bond acceptors (Lipinski definition) is 5. The Kier molecular flexibility index (Phi) is 6.50. The molecular weight excluding hydrogens is 401 g/mol. The van der Waals surface area contributed by atoms with Crippen LogP contribution in [0.1, 0.15) is 24.4 Å². The molecule has 3 rings (SSSR count). The Morgan fingerprint density at radius 3 is 2.55 bits per heavy atom. The van der Waals surface area contributed by atoms with Crippen LogP contribution in [0.3, 0.4) is 0 Å². The molecule has 9 nitrogen and oxygen atoms in total. The van der Waals surface area contributed by atoms with Crippen LogP contribution in [0, 0.1) is 5.82 Å². The van der Waals surface area contributed by atoms with Gasteiger partial charge in [-0.05, 0) is 13.0 Å². The Morgan fingerprint density at radius 1 is 1.28 bits per heavy atom. The van der Waals surface area contributed by atoms with Crippen LogP contribution in [0.2, 0.25) is 0 Å². The van der Waals surface area contributed by atoms with Gasteiger partial charge in [0.05, 0.1) is 6.61 Å². The van der Waals surface area contributed by atoms with Gasteiger partial charge in [0, 0.05) is 51.2 Å². The van der Waals surface area contributed by atoms with Gasteiger partial charge in [0.15, 0.2) is 0 Å². The van der Waals surface area contributed by atoms with E-state index >= 15 is 0 Å². The minimum Gasteiger partial charge on any atom is -0.450 e. The number of hydrogen-bond donors (Lipinski definition) is 1. The number of carbonyl (C=O) groups is 1. The topological polar surface area (TPSA) is 96.8 Å². The summed E-state index contributed by atoms with van der Waals surface area (Å²) in [6.45, 7) is 2.62. The van der Waals surface area contributed by atoms with Gasteiger partial charge in [-0.25, -0.2) is 14.2 Å². The number of imidazole rings is 1. The quantitative estimate of drug-likeness (QED) is 0.752. The first-order chi connectivity index (χ1) is 13.8. The highest BCUT2D eigenvalue weighted by molar-refractivity contribution is 7.87. The number of aromatic nitrogens is 2. The average molecular weight is 425 g/mol. The van der Waals surface area contributed by atoms with Crippen LogP contribution in [-0.4, -0.2) is 66.1 Å². The smallest absolute Gasteiger partial charge is 0.409 e. The van der Waals surface area contributed by atoms with Gasteiger partial charge in [-0.15, -0.1) is 0 Å². The van der Waals surface area contributed by atoms with E-state index in [0.29, 0.717) is 5.82 Å². The van der Waals surface area contributed by atoms with Crippen molar-refractivity contribution in [1.82, 2.24) is 23.5 Å². The number of nitrogens with one attached hydrogen (secondary N) is 1. The Labute approximate surface area is 169 Å². The third-order valence-electron chi connectivity index (χ3n) is 4.70. The zero-order valence-corrected chi connectivity index (χ0v) is 17.1. The van der Waals surface area contributed by atoms with Gasteiger partial charge in [-0.2, -0.15) is 17.4 Å². The first kappa shape index (κ1) is 21.2. The summed E-state index contributed by atoms with van der Waals surface area (Å²) in [6, 6.07) is 4.98. The second-order valence-corrected chi connectivity index (χ2v) is 8.26. The Hall–Kier alpha value is -2.50. The molecular formula is C18H24FN5O4S. The lowest BCUT2D eigenvalue weighted by molar-refractivity contribution is 0.0932. The van der Waals surface area contributed by atoms with Crippen LogP contribution < -0.4 is 4.72 Å². The van der Waals surface area contributed by atoms with Crippen molar-refractivity contribution in [3.8, 4) is 0 Å². The summed E-state index contributed by atoms with van der Waals surface area (Å²) in [5.74, 6) is -0.167. The lowest BCUT2D eigenvalue weighted by atomic mass is 10.1. The van der Waals surface area contributed by atoms with E-state index < -0.39 is 28.2 Å². The summed E-state index contributed by atoms with van der Waals surface area (Å²) < 4.78 is 50.9. The van der Waals surface area contributed by atoms with E-state index in [2.05, 4.69) is 9.71 Å². The first-order valence-electron chi connectivity index (χ1n) is 9.24. The first-order valence-corrected chi connectivity index (χ1v) is 10.7. The highest BCUT2D eigenvalue weighted by Gasteiger charge is 2.33. The molecule has 2 heterocycles. The van der Waals surface area contributed by atoms with Gasteiger partial charge in [-0.1, -0.05) is 18.2 Å². The number of benzene rings is 1. The maximum absolute atomic E-state index is 14.4. The van der Waals surface area contributed by atoms with E-state index in [1.807, 2.05) is 0 Å². The Bertz CT molecular complexity index is 957. The third kappa shape index (κ3) is 4.74. The monoisotopic (exact) mass is 425 g/mol. The van der Waals surface area contributed by atoms with Crippen LogP contribution in [0.15, 0.2) is 36.7 Å². The van der Waals surface area contributed by atoms with Crippen LogP contribution in [0.5, 0.6) is 0 Å². The molecule has 1 aliphatic rings. The van der Waals surface area contributed by atoms with E-state index in [0.717, 1.165) is 0 Å². The molecule has 0 unspecified atom stereocenters. The lowest BCUT2D eigenvalue weighted by Crippen LogP contribution is -2.54. The fourth-order valence-corrected chi connectivity index (χ4v) is 4.49. The summed E-state index contributed by atoms with van der Waals surface area (Å²) in [5.41, 5.74) is 0.176. The molecule has 1 aromatic heterocycles. The van der Waals surface area contributed by atoms with Crippen LogP contribution in [0.25, 0.3) is 0 Å². The van der Waals surface area contributed by atoms with Gasteiger partial charge in [0.2, 0.25) is 0 Å². The van der Waals surface area contributed by atoms with Crippen molar-refractivity contribution in [2.75, 3.05) is 32.8 Å². The van der Waals surface area contributed by atoms with Crippen molar-refractivity contribution >= 4 is 16.3 Å². The molecule has 2 aromatic rings. The number of piperazine rings is 1. The molecule has 1 fully saturated rings. The summed E-state index contributed by atoms with van der Waals surface area (Å²) in [7, 11) is -2.26. The molecule has 1 atom stereocenters. The van der Waals surface area contributed by atoms with E-state index in [9.17, 15) is 17.6 Å². The van der Waals surface area contributed by atoms with Gasteiger partial charge >= 0.3 is 6.09 Å². The standard InChI is InChI=1S/C18H24FN5O4S/c1-3-28-18(25)23-10-12-24(13-11-23)29(26,27)21-16(17-20-8-9-22(17)2)14-6-4-5-7-15(14)19/h4-9,16,21H,3,10-13H2,1-2H3/t16-/m0/s1. The molecule has 0 radical (unpaired) electrons. The third-order valence-corrected chi connectivity index (χ3v) is 6.28. The molecule has 1 saturated heterocycles. The van der Waals surface area contributed by atoms with Gasteiger partial charge in [0.1, 0.15) is 17.7 Å². The SMILES string of the molecule is CCOC(=O)N1CCN(S(=O)(=O)N[C@@H](c2ccccc2F)c2nccn2C)CC1. The fourth-order valence-electron chi connectivity index (χ4n) is 3.17. The van der Waals surface area contributed by atoms with E-state index in [1.165, 1.54) is 33.6 Å². The summed E-state index contributed by atoms with van der Waals surface area (Å²) in [5, 5.41) is 0. The normalized spacial score (nSPS) is 16.6. The van der Waals surface area contributed by atoms with Gasteiger partial charge < -0.3 is 14.2 Å². The van der Waals surface area contributed by atoms with Crippen molar-refractivity contribution in [2.45, 2.75) is 13.0 Å². The number of amides is 1. The highest BCUT2D eigenvalue weighted by atomic mass is 32.2. The number of aryl methyl sites for hydroxylation is 1. The van der Waals surface area contributed by atoms with Crippen molar-refractivity contribution in [2.24, 2.45) is 7.05 Å². The van der Waals surface area contributed by atoms with Crippen LogP contribution in [0.4, 0.5) is 9.18 Å². The van der Waals surface area contributed by atoms with E-state index in [4.69, 9.17) is 4.74 Å². The molecule has 1 aromatic carbocycles. The Morgan fingerprint density at radius 2 is 1.97 bits per heavy atom. The number of carbonyl (C=O) groups excluding carboxylic acids is 1. The number of ether oxygens (including phenoxy) is 1. The predicted octanol–water partition coefficient (Wildman–Crippen LogP) is 1.26. The summed E-state index contributed by atoms with van der Waals surface area (Å²) in [4.78, 5) is 17.5. The Balaban J connectivity index is 1.80. The lowest BCUT2D eigenvalue weighted by Gasteiger charge is -2.34. The summed E-state index contributed by atoms with van der Waals surface area (Å²) in [6.07, 6.45) is 2.72. The van der Waals surface area contributed by atoms with Crippen molar-refractivity contribution in [3.63, 3.8) is 0 Å². The molecule has 158 valence electrons. The number of halogens is 1. The fraction of sp³-hybridized carbons (Fsp3) is 0.444. The molecule has 11 heteroatoms. The molecule has 29 heavy (non-hydrogen) atoms. The number of rotatable bonds is 6. The average Bonchev–Trinajstić information content (AvgIpc) is 3.13. The summed E-state index contributed by atoms with van der Waals surface area (Å²) >= 11 is 0. The highest BCUT2D eigenvalue weighted by Crippen LogP contribution is 2.24. The zero-order chi connectivity index (χ0) is 21.0. The van der Waals surface area contributed by atoms with Crippen molar-refractivity contribution in [3.05, 3.63) is 53.9 Å². The molecule has 1 amide bonds. The van der Waals surface area contributed by atoms with Crippen molar-refractivity contribution in [1.29, 1.82) is 0 Å². The second-order valence-electron chi connectivity index (χ2n) is 6.56. The van der Waals surface area contributed by atoms with E-state index in [-0.39, 0.29) is 38.3 Å².